The average Bonchev–Trinajstić information content (AvgIpc) is 2.53. The van der Waals surface area contributed by atoms with E-state index in [-0.39, 0.29) is 23.7 Å². The number of hydrogen-bond donors (Lipinski definition) is 2. The molecule has 0 saturated carbocycles. The van der Waals surface area contributed by atoms with Gasteiger partial charge in [-0.15, -0.1) is 12.4 Å². The van der Waals surface area contributed by atoms with Gasteiger partial charge in [-0.3, -0.25) is 4.79 Å². The molecule has 3 rings (SSSR count). The van der Waals surface area contributed by atoms with Crippen LogP contribution in [0.25, 0.3) is 0 Å². The van der Waals surface area contributed by atoms with E-state index in [0.29, 0.717) is 5.02 Å². The molecule has 0 radical (unpaired) electrons. The van der Waals surface area contributed by atoms with E-state index in [1.54, 1.807) is 0 Å². The standard InChI is InChI=1S/C12H13ClN2O.ClH/c13-8-1-2-9-10(7-8)15-11(16)12(9)3-5-14-6-4-12;/h1-2,7,14H,3-6H2,(H,15,16);1H. The Kier molecular flexibility index (Phi) is 3.34. The number of nitrogens with one attached hydrogen (secondary N) is 2. The molecule has 17 heavy (non-hydrogen) atoms. The fourth-order valence-corrected chi connectivity index (χ4v) is 2.92. The molecule has 1 amide bonds. The normalized spacial score (nSPS) is 20.6. The number of piperidine rings is 1. The molecule has 1 saturated heterocycles. The first-order valence-electron chi connectivity index (χ1n) is 5.55. The van der Waals surface area contributed by atoms with E-state index in [9.17, 15) is 4.79 Å². The van der Waals surface area contributed by atoms with E-state index < -0.39 is 0 Å². The summed E-state index contributed by atoms with van der Waals surface area (Å²) in [5.41, 5.74) is 1.69. The highest BCUT2D eigenvalue weighted by molar-refractivity contribution is 6.31. The van der Waals surface area contributed by atoms with Crippen LogP contribution >= 0.6 is 24.0 Å². The van der Waals surface area contributed by atoms with Crippen molar-refractivity contribution in [2.45, 2.75) is 18.3 Å². The van der Waals surface area contributed by atoms with E-state index in [4.69, 9.17) is 11.6 Å². The van der Waals surface area contributed by atoms with Gasteiger partial charge in [-0.05, 0) is 43.6 Å². The SMILES string of the molecule is Cl.O=C1Nc2cc(Cl)ccc2C12CCNCC2. The van der Waals surface area contributed by atoms with Gasteiger partial charge < -0.3 is 10.6 Å². The molecule has 0 aliphatic carbocycles. The highest BCUT2D eigenvalue weighted by atomic mass is 35.5. The molecular formula is C12H14Cl2N2O. The monoisotopic (exact) mass is 272 g/mol. The fraction of sp³-hybridized carbons (Fsp3) is 0.417. The van der Waals surface area contributed by atoms with Crippen molar-refractivity contribution in [3.8, 4) is 0 Å². The Morgan fingerprint density at radius 1 is 1.24 bits per heavy atom. The molecule has 3 nitrogen and oxygen atoms in total. The molecule has 1 aromatic rings. The molecule has 0 atom stereocenters. The number of rotatable bonds is 0. The van der Waals surface area contributed by atoms with Gasteiger partial charge in [-0.25, -0.2) is 0 Å². The topological polar surface area (TPSA) is 41.1 Å². The van der Waals surface area contributed by atoms with E-state index in [2.05, 4.69) is 10.6 Å². The molecule has 1 aromatic carbocycles. The third kappa shape index (κ3) is 1.82. The summed E-state index contributed by atoms with van der Waals surface area (Å²) in [5, 5.41) is 6.91. The average molecular weight is 273 g/mol. The Morgan fingerprint density at radius 3 is 2.65 bits per heavy atom. The lowest BCUT2D eigenvalue weighted by atomic mass is 9.74. The van der Waals surface area contributed by atoms with Gasteiger partial charge in [0.05, 0.1) is 5.41 Å². The van der Waals surface area contributed by atoms with Crippen molar-refractivity contribution < 1.29 is 4.79 Å². The molecule has 5 heteroatoms. The van der Waals surface area contributed by atoms with Crippen LogP contribution in [0.1, 0.15) is 18.4 Å². The molecule has 2 aliphatic rings. The number of halogens is 2. The number of fused-ring (bicyclic) bond motifs is 2. The summed E-state index contributed by atoms with van der Waals surface area (Å²) >= 11 is 5.93. The minimum absolute atomic E-state index is 0. The van der Waals surface area contributed by atoms with Gasteiger partial charge in [0.1, 0.15) is 0 Å². The van der Waals surface area contributed by atoms with E-state index in [0.717, 1.165) is 37.2 Å². The van der Waals surface area contributed by atoms with E-state index in [1.807, 2.05) is 18.2 Å². The fourth-order valence-electron chi connectivity index (χ4n) is 2.75. The lowest BCUT2D eigenvalue weighted by molar-refractivity contribution is -0.121. The highest BCUT2D eigenvalue weighted by Gasteiger charge is 2.46. The summed E-state index contributed by atoms with van der Waals surface area (Å²) < 4.78 is 0. The van der Waals surface area contributed by atoms with Crippen LogP contribution in [0.3, 0.4) is 0 Å². The molecule has 1 spiro atoms. The summed E-state index contributed by atoms with van der Waals surface area (Å²) in [4.78, 5) is 12.1. The maximum absolute atomic E-state index is 12.1. The summed E-state index contributed by atoms with van der Waals surface area (Å²) in [5.74, 6) is 0.131. The van der Waals surface area contributed by atoms with Crippen LogP contribution < -0.4 is 10.6 Å². The van der Waals surface area contributed by atoms with Crippen LogP contribution in [-0.4, -0.2) is 19.0 Å². The summed E-state index contributed by atoms with van der Waals surface area (Å²) in [7, 11) is 0. The Morgan fingerprint density at radius 2 is 1.94 bits per heavy atom. The smallest absolute Gasteiger partial charge is 0.235 e. The maximum atomic E-state index is 12.1. The molecule has 0 bridgehead atoms. The largest absolute Gasteiger partial charge is 0.325 e. The zero-order chi connectivity index (χ0) is 11.2. The van der Waals surface area contributed by atoms with Gasteiger partial charge in [0.25, 0.3) is 0 Å². The summed E-state index contributed by atoms with van der Waals surface area (Å²) in [6.45, 7) is 1.80. The molecule has 92 valence electrons. The first-order chi connectivity index (χ1) is 7.72. The second-order valence-corrected chi connectivity index (χ2v) is 4.91. The van der Waals surface area contributed by atoms with Crippen molar-refractivity contribution in [3.05, 3.63) is 28.8 Å². The lowest BCUT2D eigenvalue weighted by Gasteiger charge is -2.31. The van der Waals surface area contributed by atoms with Crippen LogP contribution in [0.2, 0.25) is 5.02 Å². The Labute approximate surface area is 111 Å². The van der Waals surface area contributed by atoms with Gasteiger partial charge in [-0.1, -0.05) is 17.7 Å². The molecule has 0 unspecified atom stereocenters. The molecular weight excluding hydrogens is 259 g/mol. The predicted molar refractivity (Wildman–Crippen MR) is 71.1 cm³/mol. The number of hydrogen-bond acceptors (Lipinski definition) is 2. The number of carbonyl (C=O) groups excluding carboxylic acids is 1. The van der Waals surface area contributed by atoms with Gasteiger partial charge >= 0.3 is 0 Å². The van der Waals surface area contributed by atoms with Gasteiger partial charge in [-0.2, -0.15) is 0 Å². The molecule has 2 N–H and O–H groups in total. The second kappa shape index (κ2) is 4.48. The van der Waals surface area contributed by atoms with Crippen molar-refractivity contribution in [2.75, 3.05) is 18.4 Å². The summed E-state index contributed by atoms with van der Waals surface area (Å²) in [6.07, 6.45) is 1.74. The van der Waals surface area contributed by atoms with Gasteiger partial charge in [0, 0.05) is 10.7 Å². The van der Waals surface area contributed by atoms with E-state index >= 15 is 0 Å². The molecule has 2 aliphatic heterocycles. The molecule has 1 fully saturated rings. The van der Waals surface area contributed by atoms with Crippen LogP contribution in [-0.2, 0) is 10.2 Å². The number of benzene rings is 1. The number of carbonyl (C=O) groups is 1. The van der Waals surface area contributed by atoms with Crippen molar-refractivity contribution in [1.82, 2.24) is 5.32 Å². The van der Waals surface area contributed by atoms with Crippen LogP contribution in [0.5, 0.6) is 0 Å². The van der Waals surface area contributed by atoms with Crippen molar-refractivity contribution in [3.63, 3.8) is 0 Å². The van der Waals surface area contributed by atoms with Crippen molar-refractivity contribution >= 4 is 35.6 Å². The zero-order valence-corrected chi connectivity index (χ0v) is 10.8. The third-order valence-corrected chi connectivity index (χ3v) is 3.87. The predicted octanol–water partition coefficient (Wildman–Crippen LogP) is 2.34. The van der Waals surface area contributed by atoms with Crippen LogP contribution in [0.4, 0.5) is 5.69 Å². The van der Waals surface area contributed by atoms with Crippen LogP contribution in [0.15, 0.2) is 18.2 Å². The maximum Gasteiger partial charge on any atom is 0.235 e. The molecule has 0 aromatic heterocycles. The van der Waals surface area contributed by atoms with Crippen molar-refractivity contribution in [2.24, 2.45) is 0 Å². The first-order valence-corrected chi connectivity index (χ1v) is 5.92. The van der Waals surface area contributed by atoms with Gasteiger partial charge in [0.2, 0.25) is 5.91 Å². The first kappa shape index (κ1) is 12.7. The Balaban J connectivity index is 0.00000108. The minimum Gasteiger partial charge on any atom is -0.325 e. The second-order valence-electron chi connectivity index (χ2n) is 4.48. The van der Waals surface area contributed by atoms with Crippen LogP contribution in [0, 0.1) is 0 Å². The highest BCUT2D eigenvalue weighted by Crippen LogP contribution is 2.44. The lowest BCUT2D eigenvalue weighted by Crippen LogP contribution is -2.44. The summed E-state index contributed by atoms with van der Waals surface area (Å²) in [6, 6.07) is 5.69. The quantitative estimate of drug-likeness (QED) is 0.761. The number of amides is 1. The zero-order valence-electron chi connectivity index (χ0n) is 9.25. The minimum atomic E-state index is -0.314. The van der Waals surface area contributed by atoms with E-state index in [1.165, 1.54) is 0 Å². The Bertz CT molecular complexity index is 456. The molecule has 2 heterocycles. The number of anilines is 1. The van der Waals surface area contributed by atoms with Gasteiger partial charge in [0.15, 0.2) is 0 Å². The Hall–Kier alpha value is -0.770. The third-order valence-electron chi connectivity index (χ3n) is 3.64. The van der Waals surface area contributed by atoms with Crippen molar-refractivity contribution in [1.29, 1.82) is 0 Å².